The highest BCUT2D eigenvalue weighted by atomic mass is 13.9. The van der Waals surface area contributed by atoms with E-state index in [0.29, 0.717) is 0 Å². The second-order valence-corrected chi connectivity index (χ2v) is 3.55. The molecule has 1 rings (SSSR count). The molecule has 1 aromatic rings. The van der Waals surface area contributed by atoms with E-state index in [-0.39, 0.29) is 0 Å². The van der Waals surface area contributed by atoms with Crippen molar-refractivity contribution in [1.29, 1.82) is 0 Å². The summed E-state index contributed by atoms with van der Waals surface area (Å²) in [6.45, 7) is 10.6. The first-order valence-corrected chi connectivity index (χ1v) is 6.89. The Labute approximate surface area is 103 Å². The summed E-state index contributed by atoms with van der Waals surface area (Å²) in [5, 5.41) is 0. The zero-order valence-electron chi connectivity index (χ0n) is 11.9. The Morgan fingerprint density at radius 1 is 0.750 bits per heavy atom. The summed E-state index contributed by atoms with van der Waals surface area (Å²) < 4.78 is 0. The van der Waals surface area contributed by atoms with E-state index in [0.717, 1.165) is 6.42 Å². The minimum atomic E-state index is 1.14. The molecule has 0 aliphatic heterocycles. The molecule has 16 heavy (non-hydrogen) atoms. The summed E-state index contributed by atoms with van der Waals surface area (Å²) in [5.74, 6) is 0. The quantitative estimate of drug-likeness (QED) is 0.560. The van der Waals surface area contributed by atoms with Gasteiger partial charge in [-0.3, -0.25) is 0 Å². The van der Waals surface area contributed by atoms with Crippen molar-refractivity contribution in [2.45, 2.75) is 66.7 Å². The Balaban J connectivity index is 0. The molecule has 0 fully saturated rings. The number of unbranched alkanes of at least 4 members (excludes halogenated alkanes) is 3. The lowest BCUT2D eigenvalue weighted by Crippen LogP contribution is -1.73. The molecule has 0 spiro atoms. The van der Waals surface area contributed by atoms with E-state index in [1.807, 2.05) is 19.9 Å². The van der Waals surface area contributed by atoms with Crippen molar-refractivity contribution in [3.63, 3.8) is 0 Å². The SMILES string of the molecule is CC.CCCCCC.CCc1ccccc1. The molecule has 94 valence electrons. The largest absolute Gasteiger partial charge is 0.0683 e. The Morgan fingerprint density at radius 2 is 1.19 bits per heavy atom. The van der Waals surface area contributed by atoms with Crippen molar-refractivity contribution >= 4 is 0 Å². The molecule has 0 atom stereocenters. The lowest BCUT2D eigenvalue weighted by atomic mass is 10.2. The average molecular weight is 222 g/mol. The van der Waals surface area contributed by atoms with E-state index >= 15 is 0 Å². The monoisotopic (exact) mass is 222 g/mol. The maximum absolute atomic E-state index is 2.23. The molecule has 0 N–H and O–H groups in total. The molecule has 0 saturated heterocycles. The third kappa shape index (κ3) is 13.2. The summed E-state index contributed by atoms with van der Waals surface area (Å²) in [6, 6.07) is 10.5. The molecule has 0 saturated carbocycles. The maximum Gasteiger partial charge on any atom is -0.0307 e. The zero-order valence-corrected chi connectivity index (χ0v) is 11.9. The van der Waals surface area contributed by atoms with Gasteiger partial charge in [0.2, 0.25) is 0 Å². The first-order valence-electron chi connectivity index (χ1n) is 6.89. The van der Waals surface area contributed by atoms with Crippen LogP contribution in [-0.4, -0.2) is 0 Å². The molecule has 0 bridgehead atoms. The van der Waals surface area contributed by atoms with Gasteiger partial charge < -0.3 is 0 Å². The lowest BCUT2D eigenvalue weighted by Gasteiger charge is -1.89. The van der Waals surface area contributed by atoms with Crippen LogP contribution in [0.15, 0.2) is 30.3 Å². The molecule has 0 amide bonds. The fourth-order valence-corrected chi connectivity index (χ4v) is 1.21. The maximum atomic E-state index is 2.23. The van der Waals surface area contributed by atoms with E-state index in [1.165, 1.54) is 31.2 Å². The van der Waals surface area contributed by atoms with Crippen LogP contribution in [0.3, 0.4) is 0 Å². The minimum absolute atomic E-state index is 1.14. The van der Waals surface area contributed by atoms with Crippen LogP contribution in [0.1, 0.15) is 65.9 Å². The number of aryl methyl sites for hydroxylation is 1. The average Bonchev–Trinajstić information content (AvgIpc) is 2.40. The van der Waals surface area contributed by atoms with Gasteiger partial charge in [-0.15, -0.1) is 0 Å². The van der Waals surface area contributed by atoms with Gasteiger partial charge in [-0.1, -0.05) is 90.6 Å². The van der Waals surface area contributed by atoms with Crippen molar-refractivity contribution in [3.05, 3.63) is 35.9 Å². The van der Waals surface area contributed by atoms with Crippen LogP contribution < -0.4 is 0 Å². The third-order valence-corrected chi connectivity index (χ3v) is 2.21. The predicted molar refractivity (Wildman–Crippen MR) is 77.0 cm³/mol. The minimum Gasteiger partial charge on any atom is -0.0683 e. The first kappa shape index (κ1) is 17.6. The highest BCUT2D eigenvalue weighted by Crippen LogP contribution is 1.97. The molecule has 0 aromatic heterocycles. The van der Waals surface area contributed by atoms with Crippen molar-refractivity contribution in [3.8, 4) is 0 Å². The number of rotatable bonds is 4. The van der Waals surface area contributed by atoms with Gasteiger partial charge in [0.15, 0.2) is 0 Å². The van der Waals surface area contributed by atoms with Gasteiger partial charge in [0.05, 0.1) is 0 Å². The van der Waals surface area contributed by atoms with Gasteiger partial charge in [-0.25, -0.2) is 0 Å². The molecule has 0 nitrogen and oxygen atoms in total. The second-order valence-electron chi connectivity index (χ2n) is 3.55. The van der Waals surface area contributed by atoms with Gasteiger partial charge in [-0.2, -0.15) is 0 Å². The standard InChI is InChI=1S/C8H10.C6H14.C2H6/c1-2-8-6-4-3-5-7-8;1-3-5-6-4-2;1-2/h3-7H,2H2,1H3;3-6H2,1-2H3;1-2H3. The van der Waals surface area contributed by atoms with Crippen LogP contribution in [-0.2, 0) is 6.42 Å². The molecule has 1 aromatic carbocycles. The topological polar surface area (TPSA) is 0 Å². The second kappa shape index (κ2) is 16.6. The van der Waals surface area contributed by atoms with Crippen LogP contribution in [0.4, 0.5) is 0 Å². The summed E-state index contributed by atoms with van der Waals surface area (Å²) in [7, 11) is 0. The molecular formula is C16H30. The van der Waals surface area contributed by atoms with Gasteiger partial charge >= 0.3 is 0 Å². The molecule has 0 aliphatic rings. The van der Waals surface area contributed by atoms with Crippen LogP contribution in [0, 0.1) is 0 Å². The van der Waals surface area contributed by atoms with E-state index in [2.05, 4.69) is 45.0 Å². The zero-order chi connectivity index (χ0) is 12.6. The lowest BCUT2D eigenvalue weighted by molar-refractivity contribution is 0.702. The molecule has 0 unspecified atom stereocenters. The summed E-state index contributed by atoms with van der Waals surface area (Å²) in [6.07, 6.45) is 6.68. The Bertz CT molecular complexity index is 184. The van der Waals surface area contributed by atoms with Crippen LogP contribution in [0.5, 0.6) is 0 Å². The van der Waals surface area contributed by atoms with Crippen LogP contribution >= 0.6 is 0 Å². The Kier molecular flexibility index (Phi) is 18.3. The van der Waals surface area contributed by atoms with Gasteiger partial charge in [-0.05, 0) is 12.0 Å². The summed E-state index contributed by atoms with van der Waals surface area (Å²) >= 11 is 0. The predicted octanol–water partition coefficient (Wildman–Crippen LogP) is 5.86. The van der Waals surface area contributed by atoms with Crippen molar-refractivity contribution < 1.29 is 0 Å². The van der Waals surface area contributed by atoms with Crippen molar-refractivity contribution in [2.75, 3.05) is 0 Å². The van der Waals surface area contributed by atoms with E-state index < -0.39 is 0 Å². The van der Waals surface area contributed by atoms with Crippen LogP contribution in [0.2, 0.25) is 0 Å². The number of hydrogen-bond donors (Lipinski definition) is 0. The van der Waals surface area contributed by atoms with Crippen molar-refractivity contribution in [2.24, 2.45) is 0 Å². The van der Waals surface area contributed by atoms with E-state index in [1.54, 1.807) is 0 Å². The third-order valence-electron chi connectivity index (χ3n) is 2.21. The fraction of sp³-hybridized carbons (Fsp3) is 0.625. The van der Waals surface area contributed by atoms with Gasteiger partial charge in [0.25, 0.3) is 0 Å². The fourth-order valence-electron chi connectivity index (χ4n) is 1.21. The Morgan fingerprint density at radius 3 is 1.44 bits per heavy atom. The first-order chi connectivity index (χ1) is 7.85. The smallest absolute Gasteiger partial charge is 0.0307 e. The molecule has 0 heterocycles. The number of benzene rings is 1. The normalized spacial score (nSPS) is 8.31. The van der Waals surface area contributed by atoms with Crippen LogP contribution in [0.25, 0.3) is 0 Å². The molecule has 0 radical (unpaired) electrons. The van der Waals surface area contributed by atoms with Gasteiger partial charge in [0, 0.05) is 0 Å². The van der Waals surface area contributed by atoms with E-state index in [9.17, 15) is 0 Å². The molecule has 0 heteroatoms. The summed E-state index contributed by atoms with van der Waals surface area (Å²) in [4.78, 5) is 0. The highest BCUT2D eigenvalue weighted by Gasteiger charge is 1.80. The van der Waals surface area contributed by atoms with Gasteiger partial charge in [0.1, 0.15) is 0 Å². The van der Waals surface area contributed by atoms with Crippen molar-refractivity contribution in [1.82, 2.24) is 0 Å². The highest BCUT2D eigenvalue weighted by molar-refractivity contribution is 5.13. The Hall–Kier alpha value is -0.780. The molecular weight excluding hydrogens is 192 g/mol. The number of hydrogen-bond acceptors (Lipinski definition) is 0. The summed E-state index contributed by atoms with van der Waals surface area (Å²) in [5.41, 5.74) is 1.41. The van der Waals surface area contributed by atoms with E-state index in [4.69, 9.17) is 0 Å². The molecule has 0 aliphatic carbocycles.